The van der Waals surface area contributed by atoms with Crippen LogP contribution in [0.25, 0.3) is 0 Å². The van der Waals surface area contributed by atoms with E-state index in [2.05, 4.69) is 5.32 Å². The molecule has 0 spiro atoms. The van der Waals surface area contributed by atoms with Gasteiger partial charge in [0, 0.05) is 0 Å². The highest BCUT2D eigenvalue weighted by Crippen LogP contribution is 2.24. The molecule has 0 fully saturated rings. The number of nitrogen functional groups attached to an aromatic ring is 1. The van der Waals surface area contributed by atoms with Gasteiger partial charge in [0.15, 0.2) is 0 Å². The summed E-state index contributed by atoms with van der Waals surface area (Å²) in [6, 6.07) is 4.14. The summed E-state index contributed by atoms with van der Waals surface area (Å²) in [5.74, 6) is -0.368. The second kappa shape index (κ2) is 4.06. The zero-order valence-electron chi connectivity index (χ0n) is 9.21. The minimum Gasteiger partial charge on any atom is -0.397 e. The Morgan fingerprint density at radius 1 is 1.47 bits per heavy atom. The van der Waals surface area contributed by atoms with Crippen LogP contribution in [0.3, 0.4) is 0 Å². The van der Waals surface area contributed by atoms with E-state index in [0.29, 0.717) is 11.4 Å². The predicted molar refractivity (Wildman–Crippen MR) is 60.2 cm³/mol. The average Bonchev–Trinajstić information content (AvgIpc) is 2.09. The lowest BCUT2D eigenvalue weighted by Crippen LogP contribution is -2.42. The molecule has 1 unspecified atom stereocenters. The molecule has 0 radical (unpaired) electrons. The van der Waals surface area contributed by atoms with E-state index in [-0.39, 0.29) is 5.82 Å². The maximum atomic E-state index is 12.8. The van der Waals surface area contributed by atoms with Gasteiger partial charge in [-0.05, 0) is 39.0 Å². The molecule has 3 nitrogen and oxygen atoms in total. The molecule has 1 rings (SSSR count). The molecule has 0 amide bonds. The summed E-state index contributed by atoms with van der Waals surface area (Å²) in [6.45, 7) is 5.38. The minimum atomic E-state index is -0.540. The van der Waals surface area contributed by atoms with Gasteiger partial charge >= 0.3 is 0 Å². The summed E-state index contributed by atoms with van der Waals surface area (Å²) in [5.41, 5.74) is 6.10. The van der Waals surface area contributed by atoms with Crippen LogP contribution in [0.5, 0.6) is 0 Å². The van der Waals surface area contributed by atoms with Crippen LogP contribution < -0.4 is 11.1 Å². The summed E-state index contributed by atoms with van der Waals surface area (Å²) in [6.07, 6.45) is -0.540. The molecule has 1 aromatic carbocycles. The number of hydrogen-bond acceptors (Lipinski definition) is 3. The first-order valence-corrected chi connectivity index (χ1v) is 4.84. The van der Waals surface area contributed by atoms with E-state index < -0.39 is 11.6 Å². The molecule has 4 heteroatoms. The molecule has 4 N–H and O–H groups in total. The molecule has 84 valence electrons. The normalized spacial score (nSPS) is 13.7. The molecule has 1 aromatic rings. The van der Waals surface area contributed by atoms with E-state index in [1.54, 1.807) is 13.0 Å². The van der Waals surface area contributed by atoms with E-state index in [1.807, 2.05) is 13.8 Å². The van der Waals surface area contributed by atoms with Crippen LogP contribution in [0.4, 0.5) is 15.8 Å². The fourth-order valence-electron chi connectivity index (χ4n) is 1.10. The lowest BCUT2D eigenvalue weighted by molar-refractivity contribution is 0.133. The van der Waals surface area contributed by atoms with Crippen LogP contribution in [0.15, 0.2) is 18.2 Å². The summed E-state index contributed by atoms with van der Waals surface area (Å²) in [5, 5.41) is 12.6. The van der Waals surface area contributed by atoms with Crippen LogP contribution >= 0.6 is 0 Å². The highest BCUT2D eigenvalue weighted by Gasteiger charge is 2.24. The zero-order valence-corrected chi connectivity index (χ0v) is 9.21. The summed E-state index contributed by atoms with van der Waals surface area (Å²) in [7, 11) is 0. The van der Waals surface area contributed by atoms with Gasteiger partial charge in [-0.25, -0.2) is 4.39 Å². The third-order valence-corrected chi connectivity index (χ3v) is 2.51. The molecule has 1 atom stereocenters. The van der Waals surface area contributed by atoms with Crippen molar-refractivity contribution in [2.45, 2.75) is 32.4 Å². The van der Waals surface area contributed by atoms with Crippen molar-refractivity contribution in [2.75, 3.05) is 11.1 Å². The van der Waals surface area contributed by atoms with E-state index in [4.69, 9.17) is 5.73 Å². The predicted octanol–water partition coefficient (Wildman–Crippen LogP) is 1.98. The van der Waals surface area contributed by atoms with Gasteiger partial charge in [-0.3, -0.25) is 0 Å². The third kappa shape index (κ3) is 2.83. The highest BCUT2D eigenvalue weighted by atomic mass is 19.1. The first kappa shape index (κ1) is 11.8. The van der Waals surface area contributed by atoms with E-state index in [1.165, 1.54) is 12.1 Å². The lowest BCUT2D eigenvalue weighted by Gasteiger charge is -2.31. The van der Waals surface area contributed by atoms with Gasteiger partial charge in [0.25, 0.3) is 0 Å². The number of anilines is 2. The number of halogens is 1. The van der Waals surface area contributed by atoms with Gasteiger partial charge in [-0.15, -0.1) is 0 Å². The van der Waals surface area contributed by atoms with Crippen LogP contribution in [0.1, 0.15) is 20.8 Å². The number of hydrogen-bond donors (Lipinski definition) is 3. The highest BCUT2D eigenvalue weighted by molar-refractivity contribution is 5.66. The number of nitrogens with one attached hydrogen (secondary N) is 1. The Labute approximate surface area is 89.1 Å². The van der Waals surface area contributed by atoms with Gasteiger partial charge in [0.1, 0.15) is 5.82 Å². The van der Waals surface area contributed by atoms with Crippen LogP contribution in [0, 0.1) is 5.82 Å². The monoisotopic (exact) mass is 212 g/mol. The molecule has 0 heterocycles. The maximum Gasteiger partial charge on any atom is 0.125 e. The molecule has 0 saturated carbocycles. The van der Waals surface area contributed by atoms with Crippen molar-refractivity contribution in [1.29, 1.82) is 0 Å². The molecule has 0 bridgehead atoms. The average molecular weight is 212 g/mol. The Hall–Kier alpha value is -1.29. The SMILES string of the molecule is CC(O)C(C)(C)Nc1ccc(F)cc1N. The Balaban J connectivity index is 2.90. The van der Waals surface area contributed by atoms with Crippen molar-refractivity contribution in [3.05, 3.63) is 24.0 Å². The number of nitrogens with two attached hydrogens (primary N) is 1. The van der Waals surface area contributed by atoms with Crippen molar-refractivity contribution in [2.24, 2.45) is 0 Å². The van der Waals surface area contributed by atoms with Crippen molar-refractivity contribution in [3.8, 4) is 0 Å². The molecule has 0 aromatic heterocycles. The van der Waals surface area contributed by atoms with Gasteiger partial charge in [-0.1, -0.05) is 0 Å². The quantitative estimate of drug-likeness (QED) is 0.671. The van der Waals surface area contributed by atoms with Gasteiger partial charge in [0.2, 0.25) is 0 Å². The largest absolute Gasteiger partial charge is 0.397 e. The molecule has 0 aliphatic carbocycles. The van der Waals surface area contributed by atoms with Crippen molar-refractivity contribution in [3.63, 3.8) is 0 Å². The van der Waals surface area contributed by atoms with E-state index in [9.17, 15) is 9.50 Å². The van der Waals surface area contributed by atoms with Crippen LogP contribution in [-0.4, -0.2) is 16.7 Å². The summed E-state index contributed by atoms with van der Waals surface area (Å²) < 4.78 is 12.8. The maximum absolute atomic E-state index is 12.8. The summed E-state index contributed by atoms with van der Waals surface area (Å²) in [4.78, 5) is 0. The Bertz CT molecular complexity index is 350. The topological polar surface area (TPSA) is 58.3 Å². The third-order valence-electron chi connectivity index (χ3n) is 2.51. The standard InChI is InChI=1S/C11H17FN2O/c1-7(15)11(2,3)14-10-5-4-8(12)6-9(10)13/h4-7,14-15H,13H2,1-3H3. The first-order valence-electron chi connectivity index (χ1n) is 4.84. The van der Waals surface area contributed by atoms with Gasteiger partial charge < -0.3 is 16.2 Å². The molecule has 15 heavy (non-hydrogen) atoms. The number of benzene rings is 1. The first-order chi connectivity index (χ1) is 6.83. The van der Waals surface area contributed by atoms with Gasteiger partial charge in [0.05, 0.1) is 23.0 Å². The Kier molecular flexibility index (Phi) is 3.19. The van der Waals surface area contributed by atoms with E-state index in [0.717, 1.165) is 0 Å². The molecule has 0 saturated heterocycles. The van der Waals surface area contributed by atoms with Gasteiger partial charge in [-0.2, -0.15) is 0 Å². The Morgan fingerprint density at radius 3 is 2.53 bits per heavy atom. The smallest absolute Gasteiger partial charge is 0.125 e. The zero-order chi connectivity index (χ0) is 11.6. The Morgan fingerprint density at radius 2 is 2.07 bits per heavy atom. The van der Waals surface area contributed by atoms with Crippen LogP contribution in [0.2, 0.25) is 0 Å². The second-order valence-electron chi connectivity index (χ2n) is 4.25. The number of aliphatic hydroxyl groups is 1. The lowest BCUT2D eigenvalue weighted by atomic mass is 9.98. The van der Waals surface area contributed by atoms with Crippen molar-refractivity contribution < 1.29 is 9.50 Å². The van der Waals surface area contributed by atoms with Crippen LogP contribution in [-0.2, 0) is 0 Å². The molecular formula is C11H17FN2O. The fourth-order valence-corrected chi connectivity index (χ4v) is 1.10. The number of aliphatic hydroxyl groups excluding tert-OH is 1. The fraction of sp³-hybridized carbons (Fsp3) is 0.455. The summed E-state index contributed by atoms with van der Waals surface area (Å²) >= 11 is 0. The van der Waals surface area contributed by atoms with E-state index >= 15 is 0 Å². The number of rotatable bonds is 3. The molecule has 0 aliphatic heterocycles. The molecular weight excluding hydrogens is 195 g/mol. The minimum absolute atomic E-state index is 0.337. The van der Waals surface area contributed by atoms with Crippen molar-refractivity contribution in [1.82, 2.24) is 0 Å². The van der Waals surface area contributed by atoms with Crippen molar-refractivity contribution >= 4 is 11.4 Å². The second-order valence-corrected chi connectivity index (χ2v) is 4.25. The molecule has 0 aliphatic rings.